The molecule has 0 spiro atoms. The molecule has 3 rings (SSSR count). The van der Waals surface area contributed by atoms with Crippen molar-refractivity contribution in [1.29, 1.82) is 0 Å². The van der Waals surface area contributed by atoms with Gasteiger partial charge < -0.3 is 15.5 Å². The van der Waals surface area contributed by atoms with Crippen LogP contribution in [0.3, 0.4) is 0 Å². The molecule has 1 aliphatic carbocycles. The van der Waals surface area contributed by atoms with Gasteiger partial charge in [0, 0.05) is 43.2 Å². The van der Waals surface area contributed by atoms with E-state index in [9.17, 15) is 0 Å². The average molecular weight is 407 g/mol. The molecule has 1 aliphatic heterocycles. The zero-order chi connectivity index (χ0) is 17.5. The molecule has 2 fully saturated rings. The van der Waals surface area contributed by atoms with Crippen LogP contribution in [-0.4, -0.2) is 43.1 Å². The molecule has 0 unspecified atom stereocenters. The number of aliphatic imine (C=N–C) groups is 1. The SMILES string of the molecule is CN=C(NCc1ccc(Br)cc1)NC1CCN(C2CCCCC2)CC1. The lowest BCUT2D eigenvalue weighted by Crippen LogP contribution is -2.50. The molecule has 0 radical (unpaired) electrons. The third-order valence-electron chi connectivity index (χ3n) is 5.56. The van der Waals surface area contributed by atoms with Crippen LogP contribution in [0.1, 0.15) is 50.5 Å². The fourth-order valence-corrected chi connectivity index (χ4v) is 4.30. The first kappa shape index (κ1) is 18.7. The number of benzene rings is 1. The molecule has 1 heterocycles. The highest BCUT2D eigenvalue weighted by atomic mass is 79.9. The van der Waals surface area contributed by atoms with Gasteiger partial charge in [-0.05, 0) is 43.4 Å². The van der Waals surface area contributed by atoms with E-state index in [2.05, 4.69) is 60.7 Å². The number of likely N-dealkylation sites (tertiary alicyclic amines) is 1. The second kappa shape index (κ2) is 9.58. The van der Waals surface area contributed by atoms with E-state index >= 15 is 0 Å². The van der Waals surface area contributed by atoms with Gasteiger partial charge in [-0.1, -0.05) is 47.3 Å². The Morgan fingerprint density at radius 2 is 1.76 bits per heavy atom. The summed E-state index contributed by atoms with van der Waals surface area (Å²) in [6.07, 6.45) is 9.55. The van der Waals surface area contributed by atoms with Gasteiger partial charge in [0.25, 0.3) is 0 Å². The standard InChI is InChI=1S/C20H31BrN4/c1-22-20(23-15-16-7-9-17(21)10-8-16)24-18-11-13-25(14-12-18)19-5-3-2-4-6-19/h7-10,18-19H,2-6,11-15H2,1H3,(H2,22,23,24). The molecule has 0 bridgehead atoms. The Bertz CT molecular complexity index is 543. The molecule has 0 amide bonds. The van der Waals surface area contributed by atoms with E-state index in [1.54, 1.807) is 0 Å². The van der Waals surface area contributed by atoms with E-state index in [1.807, 2.05) is 7.05 Å². The number of hydrogen-bond donors (Lipinski definition) is 2. The average Bonchev–Trinajstić information content (AvgIpc) is 2.67. The summed E-state index contributed by atoms with van der Waals surface area (Å²) in [5.74, 6) is 0.916. The summed E-state index contributed by atoms with van der Waals surface area (Å²) in [6.45, 7) is 3.26. The summed E-state index contributed by atoms with van der Waals surface area (Å²) < 4.78 is 1.11. The smallest absolute Gasteiger partial charge is 0.191 e. The lowest BCUT2D eigenvalue weighted by molar-refractivity contribution is 0.119. The van der Waals surface area contributed by atoms with Crippen LogP contribution in [0, 0.1) is 0 Å². The van der Waals surface area contributed by atoms with Crippen LogP contribution in [0.25, 0.3) is 0 Å². The second-order valence-corrected chi connectivity index (χ2v) is 8.21. The second-order valence-electron chi connectivity index (χ2n) is 7.30. The highest BCUT2D eigenvalue weighted by molar-refractivity contribution is 9.10. The van der Waals surface area contributed by atoms with E-state index in [-0.39, 0.29) is 0 Å². The molecule has 2 aliphatic rings. The van der Waals surface area contributed by atoms with Gasteiger partial charge in [0.05, 0.1) is 0 Å². The first-order chi connectivity index (χ1) is 12.2. The summed E-state index contributed by atoms with van der Waals surface area (Å²) in [5.41, 5.74) is 1.26. The molecule has 25 heavy (non-hydrogen) atoms. The van der Waals surface area contributed by atoms with Crippen molar-refractivity contribution in [2.24, 2.45) is 4.99 Å². The summed E-state index contributed by atoms with van der Waals surface area (Å²) >= 11 is 3.48. The van der Waals surface area contributed by atoms with Gasteiger partial charge in [0.15, 0.2) is 5.96 Å². The maximum Gasteiger partial charge on any atom is 0.191 e. The minimum Gasteiger partial charge on any atom is -0.354 e. The molecule has 0 aromatic heterocycles. The summed E-state index contributed by atoms with van der Waals surface area (Å²) in [7, 11) is 1.86. The molecule has 1 saturated heterocycles. The quantitative estimate of drug-likeness (QED) is 0.587. The predicted octanol–water partition coefficient (Wildman–Crippen LogP) is 3.91. The molecule has 1 aromatic rings. The Kier molecular flexibility index (Phi) is 7.17. The number of rotatable bonds is 4. The zero-order valence-electron chi connectivity index (χ0n) is 15.3. The highest BCUT2D eigenvalue weighted by Gasteiger charge is 2.26. The Balaban J connectivity index is 1.41. The maximum absolute atomic E-state index is 4.40. The van der Waals surface area contributed by atoms with E-state index in [1.165, 1.54) is 63.6 Å². The van der Waals surface area contributed by atoms with Crippen molar-refractivity contribution in [2.45, 2.75) is 63.6 Å². The Morgan fingerprint density at radius 3 is 2.40 bits per heavy atom. The number of nitrogens with zero attached hydrogens (tertiary/aromatic N) is 2. The van der Waals surface area contributed by atoms with Crippen molar-refractivity contribution in [3.8, 4) is 0 Å². The van der Waals surface area contributed by atoms with Crippen LogP contribution < -0.4 is 10.6 Å². The third kappa shape index (κ3) is 5.71. The maximum atomic E-state index is 4.40. The summed E-state index contributed by atoms with van der Waals surface area (Å²) in [4.78, 5) is 7.13. The molecule has 0 atom stereocenters. The van der Waals surface area contributed by atoms with Crippen LogP contribution in [0.2, 0.25) is 0 Å². The fourth-order valence-electron chi connectivity index (χ4n) is 4.03. The van der Waals surface area contributed by atoms with E-state index in [0.29, 0.717) is 6.04 Å². The fraction of sp³-hybridized carbons (Fsp3) is 0.650. The zero-order valence-corrected chi connectivity index (χ0v) is 16.9. The number of hydrogen-bond acceptors (Lipinski definition) is 2. The largest absolute Gasteiger partial charge is 0.354 e. The molecule has 138 valence electrons. The van der Waals surface area contributed by atoms with Crippen molar-refractivity contribution in [3.05, 3.63) is 34.3 Å². The van der Waals surface area contributed by atoms with E-state index in [4.69, 9.17) is 0 Å². The number of nitrogens with one attached hydrogen (secondary N) is 2. The van der Waals surface area contributed by atoms with E-state index < -0.39 is 0 Å². The first-order valence-electron chi connectivity index (χ1n) is 9.70. The van der Waals surface area contributed by atoms with Crippen LogP contribution in [0.15, 0.2) is 33.7 Å². The minimum atomic E-state index is 0.538. The van der Waals surface area contributed by atoms with Gasteiger partial charge in [-0.3, -0.25) is 4.99 Å². The van der Waals surface area contributed by atoms with Crippen LogP contribution in [-0.2, 0) is 6.54 Å². The molecule has 2 N–H and O–H groups in total. The summed E-state index contributed by atoms with van der Waals surface area (Å²) in [5, 5.41) is 7.05. The van der Waals surface area contributed by atoms with Gasteiger partial charge in [-0.15, -0.1) is 0 Å². The number of piperidine rings is 1. The molecular formula is C20H31BrN4. The Morgan fingerprint density at radius 1 is 1.08 bits per heavy atom. The van der Waals surface area contributed by atoms with Crippen molar-refractivity contribution in [2.75, 3.05) is 20.1 Å². The summed E-state index contributed by atoms with van der Waals surface area (Å²) in [6, 6.07) is 9.81. The van der Waals surface area contributed by atoms with Gasteiger partial charge in [0.2, 0.25) is 0 Å². The topological polar surface area (TPSA) is 39.7 Å². The number of halogens is 1. The molecule has 5 heteroatoms. The monoisotopic (exact) mass is 406 g/mol. The lowest BCUT2D eigenvalue weighted by Gasteiger charge is -2.39. The van der Waals surface area contributed by atoms with E-state index in [0.717, 1.165) is 23.0 Å². The first-order valence-corrected chi connectivity index (χ1v) is 10.5. The lowest BCUT2D eigenvalue weighted by atomic mass is 9.92. The molecule has 4 nitrogen and oxygen atoms in total. The predicted molar refractivity (Wildman–Crippen MR) is 109 cm³/mol. The van der Waals surface area contributed by atoms with Gasteiger partial charge in [-0.2, -0.15) is 0 Å². The van der Waals surface area contributed by atoms with Gasteiger partial charge in [0.1, 0.15) is 0 Å². The third-order valence-corrected chi connectivity index (χ3v) is 6.09. The molecule has 1 saturated carbocycles. The van der Waals surface area contributed by atoms with Crippen molar-refractivity contribution in [3.63, 3.8) is 0 Å². The van der Waals surface area contributed by atoms with Crippen LogP contribution in [0.5, 0.6) is 0 Å². The minimum absolute atomic E-state index is 0.538. The van der Waals surface area contributed by atoms with Crippen molar-refractivity contribution < 1.29 is 0 Å². The molecule has 1 aromatic carbocycles. The highest BCUT2D eigenvalue weighted by Crippen LogP contribution is 2.25. The molecular weight excluding hydrogens is 376 g/mol. The van der Waals surface area contributed by atoms with Gasteiger partial charge in [-0.25, -0.2) is 0 Å². The Hall–Kier alpha value is -1.07. The Labute approximate surface area is 160 Å². The van der Waals surface area contributed by atoms with Crippen LogP contribution >= 0.6 is 15.9 Å². The van der Waals surface area contributed by atoms with Gasteiger partial charge >= 0.3 is 0 Å². The van der Waals surface area contributed by atoms with Crippen molar-refractivity contribution >= 4 is 21.9 Å². The number of guanidine groups is 1. The normalized spacial score (nSPS) is 21.3. The van der Waals surface area contributed by atoms with Crippen molar-refractivity contribution in [1.82, 2.24) is 15.5 Å². The van der Waals surface area contributed by atoms with Crippen LogP contribution in [0.4, 0.5) is 0 Å².